The maximum Gasteiger partial charge on any atom is 0.0186 e. The molecule has 1 aliphatic heterocycles. The van der Waals surface area contributed by atoms with E-state index in [1.807, 2.05) is 0 Å². The summed E-state index contributed by atoms with van der Waals surface area (Å²) in [5.41, 5.74) is 4.33. The zero-order valence-corrected chi connectivity index (χ0v) is 17.4. The Morgan fingerprint density at radius 1 is 0.607 bits per heavy atom. The first kappa shape index (κ1) is 17.9. The summed E-state index contributed by atoms with van der Waals surface area (Å²) in [4.78, 5) is 0. The van der Waals surface area contributed by atoms with Crippen LogP contribution in [0.5, 0.6) is 0 Å². The average Bonchev–Trinajstić information content (AvgIpc) is 3.18. The van der Waals surface area contributed by atoms with Crippen LogP contribution in [0.25, 0.3) is 21.5 Å². The first-order valence-corrected chi connectivity index (χ1v) is 11.6. The molecule has 0 aliphatic carbocycles. The van der Waals surface area contributed by atoms with Gasteiger partial charge in [0.2, 0.25) is 0 Å². The molecule has 0 saturated carbocycles. The molecule has 28 heavy (non-hydrogen) atoms. The lowest BCUT2D eigenvalue weighted by Crippen LogP contribution is -2.11. The highest BCUT2D eigenvalue weighted by molar-refractivity contribution is 7.56. The topological polar surface area (TPSA) is 3.24 Å². The minimum Gasteiger partial charge on any atom is -0.287 e. The summed E-state index contributed by atoms with van der Waals surface area (Å²) in [6.07, 6.45) is 2.54. The maximum atomic E-state index is 2.53. The SMILES string of the molecule is CN(C)P1C(c2cccc3ccccc23)CCC1c1cccc2ccccc12. The van der Waals surface area contributed by atoms with Crippen molar-refractivity contribution in [1.82, 2.24) is 4.67 Å². The van der Waals surface area contributed by atoms with E-state index in [0.717, 1.165) is 0 Å². The number of fused-ring (bicyclic) bond motifs is 2. The molecule has 0 aromatic heterocycles. The van der Waals surface area contributed by atoms with Crippen molar-refractivity contribution in [1.29, 1.82) is 0 Å². The van der Waals surface area contributed by atoms with E-state index in [-0.39, 0.29) is 8.07 Å². The van der Waals surface area contributed by atoms with E-state index in [4.69, 9.17) is 0 Å². The summed E-state index contributed by atoms with van der Waals surface area (Å²) in [7, 11) is 4.27. The molecular formula is C26H26NP. The molecule has 140 valence electrons. The Kier molecular flexibility index (Phi) is 4.67. The van der Waals surface area contributed by atoms with Crippen molar-refractivity contribution in [2.75, 3.05) is 14.1 Å². The molecule has 1 fully saturated rings. The van der Waals surface area contributed by atoms with Gasteiger partial charge in [-0.3, -0.25) is 4.67 Å². The lowest BCUT2D eigenvalue weighted by Gasteiger charge is -2.33. The molecule has 4 aromatic rings. The minimum atomic E-state index is -0.297. The van der Waals surface area contributed by atoms with Crippen molar-refractivity contribution in [3.8, 4) is 0 Å². The molecule has 0 N–H and O–H groups in total. The van der Waals surface area contributed by atoms with Crippen molar-refractivity contribution in [2.45, 2.75) is 24.2 Å². The summed E-state index contributed by atoms with van der Waals surface area (Å²) in [5.74, 6) is 0. The van der Waals surface area contributed by atoms with Crippen molar-refractivity contribution >= 4 is 29.6 Å². The Morgan fingerprint density at radius 3 is 1.50 bits per heavy atom. The van der Waals surface area contributed by atoms with Gasteiger partial charge in [-0.2, -0.15) is 0 Å². The monoisotopic (exact) mass is 383 g/mol. The van der Waals surface area contributed by atoms with Gasteiger partial charge < -0.3 is 0 Å². The summed E-state index contributed by atoms with van der Waals surface area (Å²) >= 11 is 0. The molecule has 1 aliphatic rings. The van der Waals surface area contributed by atoms with E-state index < -0.39 is 0 Å². The van der Waals surface area contributed by atoms with Gasteiger partial charge in [-0.05, 0) is 67.7 Å². The third-order valence-electron chi connectivity index (χ3n) is 6.18. The van der Waals surface area contributed by atoms with Crippen LogP contribution < -0.4 is 0 Å². The van der Waals surface area contributed by atoms with Gasteiger partial charge in [0.05, 0.1) is 0 Å². The minimum absolute atomic E-state index is 0.297. The van der Waals surface area contributed by atoms with Gasteiger partial charge in [0.15, 0.2) is 0 Å². The second-order valence-electron chi connectivity index (χ2n) is 7.97. The predicted octanol–water partition coefficient (Wildman–Crippen LogP) is 7.53. The van der Waals surface area contributed by atoms with Crippen LogP contribution in [0.2, 0.25) is 0 Å². The fraction of sp³-hybridized carbons (Fsp3) is 0.231. The normalized spacial score (nSPS) is 22.3. The van der Waals surface area contributed by atoms with E-state index in [1.54, 1.807) is 11.1 Å². The molecule has 2 unspecified atom stereocenters. The van der Waals surface area contributed by atoms with E-state index >= 15 is 0 Å². The molecule has 0 spiro atoms. The van der Waals surface area contributed by atoms with Crippen molar-refractivity contribution in [3.63, 3.8) is 0 Å². The van der Waals surface area contributed by atoms with Crippen LogP contribution in [-0.2, 0) is 0 Å². The Balaban J connectivity index is 1.62. The summed E-state index contributed by atoms with van der Waals surface area (Å²) in [5, 5.41) is 5.59. The van der Waals surface area contributed by atoms with Gasteiger partial charge in [0.25, 0.3) is 0 Å². The average molecular weight is 383 g/mol. The summed E-state index contributed by atoms with van der Waals surface area (Å²) < 4.78 is 2.53. The molecular weight excluding hydrogens is 357 g/mol. The molecule has 1 heterocycles. The molecule has 5 rings (SSSR count). The Hall–Kier alpha value is -2.21. The van der Waals surface area contributed by atoms with Crippen LogP contribution in [0.15, 0.2) is 84.9 Å². The smallest absolute Gasteiger partial charge is 0.0186 e. The van der Waals surface area contributed by atoms with Gasteiger partial charge in [-0.1, -0.05) is 84.9 Å². The highest BCUT2D eigenvalue weighted by Gasteiger charge is 2.40. The fourth-order valence-electron chi connectivity index (χ4n) is 5.03. The third-order valence-corrected chi connectivity index (χ3v) is 9.45. The first-order chi connectivity index (χ1) is 13.7. The molecule has 4 aromatic carbocycles. The highest BCUT2D eigenvalue weighted by atomic mass is 31.1. The third kappa shape index (κ3) is 2.94. The predicted molar refractivity (Wildman–Crippen MR) is 123 cm³/mol. The van der Waals surface area contributed by atoms with Crippen LogP contribution in [0.4, 0.5) is 0 Å². The molecule has 0 amide bonds. The van der Waals surface area contributed by atoms with Gasteiger partial charge in [-0.15, -0.1) is 0 Å². The summed E-state index contributed by atoms with van der Waals surface area (Å²) in [6, 6.07) is 31.5. The van der Waals surface area contributed by atoms with Crippen LogP contribution in [-0.4, -0.2) is 18.8 Å². The van der Waals surface area contributed by atoms with Crippen LogP contribution in [0, 0.1) is 0 Å². The van der Waals surface area contributed by atoms with Crippen LogP contribution in [0.3, 0.4) is 0 Å². The lowest BCUT2D eigenvalue weighted by molar-refractivity contribution is 0.662. The molecule has 0 bridgehead atoms. The Labute approximate surface area is 168 Å². The van der Waals surface area contributed by atoms with Crippen LogP contribution in [0.1, 0.15) is 35.3 Å². The van der Waals surface area contributed by atoms with Crippen molar-refractivity contribution in [3.05, 3.63) is 96.1 Å². The van der Waals surface area contributed by atoms with E-state index in [0.29, 0.717) is 11.3 Å². The fourth-order valence-corrected chi connectivity index (χ4v) is 8.43. The van der Waals surface area contributed by atoms with Gasteiger partial charge in [-0.25, -0.2) is 0 Å². The second kappa shape index (κ2) is 7.32. The number of hydrogen-bond donors (Lipinski definition) is 0. The standard InChI is InChI=1S/C26H26NP/c1-27(2)28-25(23-15-7-11-19-9-3-5-13-21(19)23)17-18-26(28)24-16-8-12-20-10-4-6-14-22(20)24/h3-16,25-26H,17-18H2,1-2H3. The molecule has 2 heteroatoms. The largest absolute Gasteiger partial charge is 0.287 e. The summed E-state index contributed by atoms with van der Waals surface area (Å²) in [6.45, 7) is 0. The molecule has 1 saturated heterocycles. The number of hydrogen-bond acceptors (Lipinski definition) is 1. The van der Waals surface area contributed by atoms with Crippen molar-refractivity contribution in [2.24, 2.45) is 0 Å². The zero-order valence-electron chi connectivity index (χ0n) is 16.5. The zero-order chi connectivity index (χ0) is 19.1. The first-order valence-electron chi connectivity index (χ1n) is 10.1. The maximum absolute atomic E-state index is 2.53. The van der Waals surface area contributed by atoms with E-state index in [1.165, 1.54) is 34.4 Å². The Morgan fingerprint density at radius 2 is 1.04 bits per heavy atom. The lowest BCUT2D eigenvalue weighted by atomic mass is 9.97. The second-order valence-corrected chi connectivity index (χ2v) is 10.8. The van der Waals surface area contributed by atoms with E-state index in [9.17, 15) is 0 Å². The van der Waals surface area contributed by atoms with E-state index in [2.05, 4.69) is 104 Å². The van der Waals surface area contributed by atoms with Gasteiger partial charge in [0, 0.05) is 11.3 Å². The quantitative estimate of drug-likeness (QED) is 0.331. The number of benzene rings is 4. The van der Waals surface area contributed by atoms with Crippen molar-refractivity contribution < 1.29 is 0 Å². The molecule has 2 atom stereocenters. The Bertz CT molecular complexity index is 1040. The van der Waals surface area contributed by atoms with Gasteiger partial charge in [0.1, 0.15) is 0 Å². The highest BCUT2D eigenvalue weighted by Crippen LogP contribution is 2.71. The number of nitrogens with zero attached hydrogens (tertiary/aromatic N) is 1. The number of rotatable bonds is 3. The molecule has 1 nitrogen and oxygen atoms in total. The molecule has 0 radical (unpaired) electrons. The van der Waals surface area contributed by atoms with Crippen LogP contribution >= 0.6 is 8.07 Å². The van der Waals surface area contributed by atoms with Gasteiger partial charge >= 0.3 is 0 Å².